The molecule has 0 aliphatic carbocycles. The first-order chi connectivity index (χ1) is 18.9. The number of rotatable bonds is 11. The molecule has 0 unspecified atom stereocenters. The first-order valence-electron chi connectivity index (χ1n) is 13.2. The summed E-state index contributed by atoms with van der Waals surface area (Å²) in [5.41, 5.74) is 2.95. The Morgan fingerprint density at radius 1 is 1.18 bits per heavy atom. The van der Waals surface area contributed by atoms with E-state index in [1.54, 1.807) is 42.7 Å². The second-order valence-corrected chi connectivity index (χ2v) is 11.3. The monoisotopic (exact) mass is 569 g/mol. The van der Waals surface area contributed by atoms with Crippen LogP contribution in [-0.4, -0.2) is 61.7 Å². The maximum atomic E-state index is 13.7. The van der Waals surface area contributed by atoms with Gasteiger partial charge in [0, 0.05) is 42.4 Å². The molecule has 1 aliphatic heterocycles. The largest absolute Gasteiger partial charge is 0.491 e. The molecule has 1 atom stereocenters. The predicted octanol–water partition coefficient (Wildman–Crippen LogP) is 6.60. The SMILES string of the molecule is COCCCN(CC(=O)N1CCc2sccc2[C@@H]1COc1ccc(C(C)C)cc1)C(=O)Nc1cccc(Cl)c1. The summed E-state index contributed by atoms with van der Waals surface area (Å²) in [7, 11) is 1.62. The van der Waals surface area contributed by atoms with E-state index < -0.39 is 0 Å². The number of anilines is 1. The lowest BCUT2D eigenvalue weighted by atomic mass is 10.00. The van der Waals surface area contributed by atoms with E-state index in [4.69, 9.17) is 21.1 Å². The van der Waals surface area contributed by atoms with Gasteiger partial charge in [-0.1, -0.05) is 43.6 Å². The molecule has 2 aromatic carbocycles. The van der Waals surface area contributed by atoms with Gasteiger partial charge in [0.2, 0.25) is 5.91 Å². The number of methoxy groups -OCH3 is 1. The molecule has 39 heavy (non-hydrogen) atoms. The van der Waals surface area contributed by atoms with Crippen molar-refractivity contribution in [3.05, 3.63) is 81.0 Å². The van der Waals surface area contributed by atoms with E-state index in [0.717, 1.165) is 17.7 Å². The van der Waals surface area contributed by atoms with E-state index >= 15 is 0 Å². The van der Waals surface area contributed by atoms with Gasteiger partial charge in [0.25, 0.3) is 0 Å². The highest BCUT2D eigenvalue weighted by Crippen LogP contribution is 2.34. The summed E-state index contributed by atoms with van der Waals surface area (Å²) in [4.78, 5) is 31.6. The lowest BCUT2D eigenvalue weighted by molar-refractivity contribution is -0.135. The Labute approximate surface area is 239 Å². The minimum absolute atomic E-state index is 0.0465. The van der Waals surface area contributed by atoms with Crippen LogP contribution in [0, 0.1) is 0 Å². The maximum absolute atomic E-state index is 13.7. The molecule has 0 radical (unpaired) electrons. The van der Waals surface area contributed by atoms with Crippen molar-refractivity contribution < 1.29 is 19.1 Å². The number of fused-ring (bicyclic) bond motifs is 1. The van der Waals surface area contributed by atoms with Gasteiger partial charge in [-0.3, -0.25) is 4.79 Å². The molecular formula is C30H36ClN3O4S. The quantitative estimate of drug-likeness (QED) is 0.264. The summed E-state index contributed by atoms with van der Waals surface area (Å²) in [6.07, 6.45) is 1.40. The zero-order chi connectivity index (χ0) is 27.8. The van der Waals surface area contributed by atoms with Gasteiger partial charge in [-0.2, -0.15) is 0 Å². The molecule has 0 saturated carbocycles. The van der Waals surface area contributed by atoms with Crippen LogP contribution in [-0.2, 0) is 16.0 Å². The van der Waals surface area contributed by atoms with Crippen LogP contribution in [0.2, 0.25) is 5.02 Å². The summed E-state index contributed by atoms with van der Waals surface area (Å²) in [6.45, 7) is 6.06. The molecule has 4 rings (SSSR count). The number of halogens is 1. The molecule has 3 amide bonds. The Hall–Kier alpha value is -3.07. The third kappa shape index (κ3) is 7.75. The van der Waals surface area contributed by atoms with Gasteiger partial charge in [0.15, 0.2) is 0 Å². The first-order valence-corrected chi connectivity index (χ1v) is 14.5. The third-order valence-electron chi connectivity index (χ3n) is 6.84. The summed E-state index contributed by atoms with van der Waals surface area (Å²) >= 11 is 7.80. The molecule has 7 nitrogen and oxygen atoms in total. The number of benzene rings is 2. The molecule has 0 spiro atoms. The minimum Gasteiger partial charge on any atom is -0.491 e. The molecule has 1 aliphatic rings. The van der Waals surface area contributed by atoms with Crippen molar-refractivity contribution in [2.45, 2.75) is 38.6 Å². The third-order valence-corrected chi connectivity index (χ3v) is 8.07. The summed E-state index contributed by atoms with van der Waals surface area (Å²) in [5, 5.41) is 5.46. The minimum atomic E-state index is -0.354. The van der Waals surface area contributed by atoms with Crippen molar-refractivity contribution in [3.8, 4) is 5.75 Å². The van der Waals surface area contributed by atoms with Crippen LogP contribution in [0.3, 0.4) is 0 Å². The fourth-order valence-electron chi connectivity index (χ4n) is 4.67. The van der Waals surface area contributed by atoms with E-state index in [1.807, 2.05) is 17.0 Å². The molecule has 0 bridgehead atoms. The van der Waals surface area contributed by atoms with E-state index in [1.165, 1.54) is 15.3 Å². The van der Waals surface area contributed by atoms with Crippen LogP contribution in [0.25, 0.3) is 0 Å². The Morgan fingerprint density at radius 3 is 2.69 bits per heavy atom. The number of urea groups is 1. The topological polar surface area (TPSA) is 71.1 Å². The van der Waals surface area contributed by atoms with Crippen molar-refractivity contribution in [3.63, 3.8) is 0 Å². The predicted molar refractivity (Wildman–Crippen MR) is 157 cm³/mol. The Bertz CT molecular complexity index is 1250. The number of hydrogen-bond acceptors (Lipinski definition) is 5. The highest BCUT2D eigenvalue weighted by molar-refractivity contribution is 7.10. The van der Waals surface area contributed by atoms with Crippen molar-refractivity contribution >= 4 is 40.6 Å². The van der Waals surface area contributed by atoms with E-state index in [-0.39, 0.29) is 24.5 Å². The van der Waals surface area contributed by atoms with Crippen molar-refractivity contribution in [1.29, 1.82) is 0 Å². The number of carbonyl (C=O) groups excluding carboxylic acids is 2. The van der Waals surface area contributed by atoms with E-state index in [0.29, 0.717) is 49.4 Å². The average molecular weight is 570 g/mol. The lowest BCUT2D eigenvalue weighted by Gasteiger charge is -2.37. The summed E-state index contributed by atoms with van der Waals surface area (Å²) in [5.74, 6) is 1.10. The van der Waals surface area contributed by atoms with Crippen molar-refractivity contribution in [1.82, 2.24) is 9.80 Å². The standard InChI is InChI=1S/C30H36ClN3O4S/c1-21(2)22-8-10-25(11-9-22)38-20-27-26-13-17-39-28(26)12-15-34(27)29(35)19-33(14-5-16-37-3)30(36)32-24-7-4-6-23(31)18-24/h4,6-11,13,17-18,21,27H,5,12,14-16,19-20H2,1-3H3,(H,32,36)/t27-/m0/s1. The van der Waals surface area contributed by atoms with Gasteiger partial charge < -0.3 is 24.6 Å². The van der Waals surface area contributed by atoms with Crippen LogP contribution in [0.5, 0.6) is 5.75 Å². The molecule has 9 heteroatoms. The smallest absolute Gasteiger partial charge is 0.322 e. The molecule has 3 aromatic rings. The lowest BCUT2D eigenvalue weighted by Crippen LogP contribution is -2.49. The fraction of sp³-hybridized carbons (Fsp3) is 0.400. The van der Waals surface area contributed by atoms with Gasteiger partial charge in [-0.05, 0) is 71.7 Å². The van der Waals surface area contributed by atoms with Crippen LogP contribution >= 0.6 is 22.9 Å². The van der Waals surface area contributed by atoms with Crippen LogP contribution in [0.4, 0.5) is 10.5 Å². The van der Waals surface area contributed by atoms with Crippen molar-refractivity contribution in [2.75, 3.05) is 45.3 Å². The number of hydrogen-bond donors (Lipinski definition) is 1. The van der Waals surface area contributed by atoms with Crippen molar-refractivity contribution in [2.24, 2.45) is 0 Å². The van der Waals surface area contributed by atoms with E-state index in [9.17, 15) is 9.59 Å². The summed E-state index contributed by atoms with van der Waals surface area (Å²) in [6, 6.07) is 16.6. The maximum Gasteiger partial charge on any atom is 0.322 e. The number of thiophene rings is 1. The molecule has 0 fully saturated rings. The number of nitrogens with zero attached hydrogens (tertiary/aromatic N) is 2. The normalized spacial score (nSPS) is 14.7. The Kier molecular flexibility index (Phi) is 10.3. The zero-order valence-corrected chi connectivity index (χ0v) is 24.3. The van der Waals surface area contributed by atoms with Gasteiger partial charge in [-0.25, -0.2) is 4.79 Å². The molecule has 1 aromatic heterocycles. The number of carbonyl (C=O) groups is 2. The molecule has 2 heterocycles. The highest BCUT2D eigenvalue weighted by Gasteiger charge is 2.33. The first kappa shape index (κ1) is 28.9. The van der Waals surface area contributed by atoms with Gasteiger partial charge in [0.05, 0.1) is 6.04 Å². The second kappa shape index (κ2) is 13.8. The number of nitrogens with one attached hydrogen (secondary N) is 1. The Balaban J connectivity index is 1.48. The van der Waals surface area contributed by atoms with Gasteiger partial charge >= 0.3 is 6.03 Å². The number of amides is 3. The molecule has 0 saturated heterocycles. The van der Waals surface area contributed by atoms with Crippen LogP contribution in [0.15, 0.2) is 60.0 Å². The van der Waals surface area contributed by atoms with Crippen LogP contribution < -0.4 is 10.1 Å². The second-order valence-electron chi connectivity index (χ2n) is 9.90. The molecule has 1 N–H and O–H groups in total. The summed E-state index contributed by atoms with van der Waals surface area (Å²) < 4.78 is 11.4. The van der Waals surface area contributed by atoms with Gasteiger partial charge in [0.1, 0.15) is 18.9 Å². The molecular weight excluding hydrogens is 534 g/mol. The highest BCUT2D eigenvalue weighted by atomic mass is 35.5. The zero-order valence-electron chi connectivity index (χ0n) is 22.7. The molecule has 208 valence electrons. The average Bonchev–Trinajstić information content (AvgIpc) is 3.40. The van der Waals surface area contributed by atoms with Crippen LogP contribution in [0.1, 0.15) is 48.2 Å². The Morgan fingerprint density at radius 2 is 1.97 bits per heavy atom. The number of ether oxygens (including phenoxy) is 2. The van der Waals surface area contributed by atoms with Gasteiger partial charge in [-0.15, -0.1) is 11.3 Å². The fourth-order valence-corrected chi connectivity index (χ4v) is 5.79. The van der Waals surface area contributed by atoms with E-state index in [2.05, 4.69) is 42.7 Å².